The maximum Gasteiger partial charge on any atom is 0.306 e. The van der Waals surface area contributed by atoms with Crippen LogP contribution in [0.25, 0.3) is 0 Å². The van der Waals surface area contributed by atoms with Crippen molar-refractivity contribution in [2.24, 2.45) is 0 Å². The lowest BCUT2D eigenvalue weighted by Gasteiger charge is -2.02. The van der Waals surface area contributed by atoms with Crippen molar-refractivity contribution >= 4 is 17.2 Å². The molecule has 0 fully saturated rings. The molecule has 6 heteroatoms. The highest BCUT2D eigenvalue weighted by Gasteiger charge is 2.20. The normalized spacial score (nSPS) is 9.86. The second kappa shape index (κ2) is 3.41. The number of rotatable bonds is 2. The molecule has 0 amide bonds. The number of hydrogen-bond acceptors (Lipinski definition) is 4. The summed E-state index contributed by atoms with van der Waals surface area (Å²) in [5.74, 6) is -1.60. The molecule has 5 nitrogen and oxygen atoms in total. The van der Waals surface area contributed by atoms with Crippen LogP contribution in [0, 0.1) is 15.9 Å². The molecule has 0 bridgehead atoms. The van der Waals surface area contributed by atoms with Crippen LogP contribution in [0.4, 0.5) is 15.8 Å². The summed E-state index contributed by atoms with van der Waals surface area (Å²) in [6.07, 6.45) is 0. The van der Waals surface area contributed by atoms with Crippen molar-refractivity contribution < 1.29 is 14.1 Å². The Labute approximate surface area is 78.5 Å². The minimum atomic E-state index is -1.16. The van der Waals surface area contributed by atoms with Crippen LogP contribution >= 0.6 is 0 Å². The van der Waals surface area contributed by atoms with Gasteiger partial charge in [-0.1, -0.05) is 0 Å². The number of hydrogen-bond donors (Lipinski definition) is 1. The van der Waals surface area contributed by atoms with Crippen LogP contribution in [0.3, 0.4) is 0 Å². The Morgan fingerprint density at radius 2 is 2.14 bits per heavy atom. The quantitative estimate of drug-likeness (QED) is 0.338. The molecular weight excluding hydrogens is 191 g/mol. The number of nitrogens with two attached hydrogens (primary N) is 1. The smallest absolute Gasteiger partial charge is 0.306 e. The van der Waals surface area contributed by atoms with E-state index in [2.05, 4.69) is 0 Å². The first-order valence-corrected chi connectivity index (χ1v) is 3.68. The highest BCUT2D eigenvalue weighted by molar-refractivity contribution is 5.99. The Kier molecular flexibility index (Phi) is 2.46. The molecule has 0 aliphatic rings. The third-order valence-corrected chi connectivity index (χ3v) is 1.74. The third-order valence-electron chi connectivity index (χ3n) is 1.74. The molecule has 1 aromatic carbocycles. The lowest BCUT2D eigenvalue weighted by atomic mass is 10.1. The van der Waals surface area contributed by atoms with E-state index in [4.69, 9.17) is 5.73 Å². The van der Waals surface area contributed by atoms with Gasteiger partial charge < -0.3 is 5.73 Å². The first-order chi connectivity index (χ1) is 6.45. The molecular formula is C8H7FN2O3. The van der Waals surface area contributed by atoms with Crippen molar-refractivity contribution in [3.05, 3.63) is 33.6 Å². The van der Waals surface area contributed by atoms with Gasteiger partial charge in [0.15, 0.2) is 5.78 Å². The van der Waals surface area contributed by atoms with E-state index in [1.54, 1.807) is 0 Å². The monoisotopic (exact) mass is 198 g/mol. The largest absolute Gasteiger partial charge is 0.396 e. The molecule has 0 saturated heterocycles. The molecule has 0 aromatic heterocycles. The van der Waals surface area contributed by atoms with E-state index >= 15 is 0 Å². The number of nitrogens with zero attached hydrogens (tertiary/aromatic N) is 1. The van der Waals surface area contributed by atoms with Gasteiger partial charge in [0.25, 0.3) is 0 Å². The maximum atomic E-state index is 13.2. The van der Waals surface area contributed by atoms with E-state index in [9.17, 15) is 19.3 Å². The Hall–Kier alpha value is -1.98. The van der Waals surface area contributed by atoms with E-state index in [-0.39, 0.29) is 5.56 Å². The molecule has 0 saturated carbocycles. The van der Waals surface area contributed by atoms with Crippen LogP contribution in [0.5, 0.6) is 0 Å². The van der Waals surface area contributed by atoms with Gasteiger partial charge in [0.05, 0.1) is 10.6 Å². The molecule has 74 valence electrons. The van der Waals surface area contributed by atoms with Crippen LogP contribution < -0.4 is 5.73 Å². The van der Waals surface area contributed by atoms with Gasteiger partial charge in [-0.15, -0.1) is 0 Å². The van der Waals surface area contributed by atoms with Crippen LogP contribution in [-0.2, 0) is 0 Å². The Morgan fingerprint density at radius 1 is 1.57 bits per heavy atom. The van der Waals surface area contributed by atoms with Gasteiger partial charge in [-0.3, -0.25) is 14.9 Å². The summed E-state index contributed by atoms with van der Waals surface area (Å²) in [5, 5.41) is 10.3. The number of nitro benzene ring substituents is 1. The van der Waals surface area contributed by atoms with E-state index in [0.29, 0.717) is 0 Å². The molecule has 0 aliphatic carbocycles. The number of nitrogen functional groups attached to an aromatic ring is 1. The summed E-state index contributed by atoms with van der Waals surface area (Å²) in [5.41, 5.74) is 3.96. The number of carbonyl (C=O) groups excluding carboxylic acids is 1. The third kappa shape index (κ3) is 1.54. The average Bonchev–Trinajstić information content (AvgIpc) is 2.08. The number of halogens is 1. The van der Waals surface area contributed by atoms with E-state index in [1.165, 1.54) is 6.92 Å². The van der Waals surface area contributed by atoms with Gasteiger partial charge in [-0.25, -0.2) is 0 Å². The van der Waals surface area contributed by atoms with Crippen LogP contribution in [0.15, 0.2) is 12.1 Å². The summed E-state index contributed by atoms with van der Waals surface area (Å²) >= 11 is 0. The zero-order valence-corrected chi connectivity index (χ0v) is 7.28. The van der Waals surface area contributed by atoms with Crippen LogP contribution in [0.2, 0.25) is 0 Å². The summed E-state index contributed by atoms with van der Waals surface area (Å²) in [7, 11) is 0. The summed E-state index contributed by atoms with van der Waals surface area (Å²) in [6, 6.07) is 2.06. The van der Waals surface area contributed by atoms with Crippen molar-refractivity contribution in [3.63, 3.8) is 0 Å². The molecule has 1 aromatic rings. The fourth-order valence-corrected chi connectivity index (χ4v) is 1.03. The molecule has 0 radical (unpaired) electrons. The lowest BCUT2D eigenvalue weighted by Crippen LogP contribution is -2.04. The molecule has 0 spiro atoms. The van der Waals surface area contributed by atoms with Gasteiger partial charge in [0, 0.05) is 11.6 Å². The molecule has 0 heterocycles. The van der Waals surface area contributed by atoms with Gasteiger partial charge in [0.1, 0.15) is 0 Å². The van der Waals surface area contributed by atoms with Crippen molar-refractivity contribution in [1.29, 1.82) is 0 Å². The number of Topliss-reactive ketones (excluding diaryl/α,β-unsaturated/α-hetero) is 1. The number of ketones is 1. The topological polar surface area (TPSA) is 86.2 Å². The highest BCUT2D eigenvalue weighted by Crippen LogP contribution is 2.25. The Bertz CT molecular complexity index is 378. The molecule has 1 rings (SSSR count). The first-order valence-electron chi connectivity index (χ1n) is 3.68. The van der Waals surface area contributed by atoms with Crippen molar-refractivity contribution in [2.45, 2.75) is 6.92 Å². The molecule has 2 N–H and O–H groups in total. The first kappa shape index (κ1) is 10.1. The maximum absolute atomic E-state index is 13.2. The minimum Gasteiger partial charge on any atom is -0.396 e. The fourth-order valence-electron chi connectivity index (χ4n) is 1.03. The van der Waals surface area contributed by atoms with E-state index in [0.717, 1.165) is 12.1 Å². The number of benzene rings is 1. The average molecular weight is 198 g/mol. The zero-order chi connectivity index (χ0) is 10.9. The molecule has 0 unspecified atom stereocenters. The van der Waals surface area contributed by atoms with Crippen molar-refractivity contribution in [2.75, 3.05) is 5.73 Å². The van der Waals surface area contributed by atoms with Crippen molar-refractivity contribution in [1.82, 2.24) is 0 Å². The summed E-state index contributed by atoms with van der Waals surface area (Å²) in [4.78, 5) is 20.3. The molecule has 14 heavy (non-hydrogen) atoms. The Morgan fingerprint density at radius 3 is 2.57 bits per heavy atom. The second-order valence-corrected chi connectivity index (χ2v) is 2.67. The van der Waals surface area contributed by atoms with Crippen LogP contribution in [0.1, 0.15) is 17.3 Å². The molecule has 0 aliphatic heterocycles. The number of nitro groups is 1. The number of anilines is 1. The highest BCUT2D eigenvalue weighted by atomic mass is 19.1. The van der Waals surface area contributed by atoms with Gasteiger partial charge >= 0.3 is 5.69 Å². The second-order valence-electron chi connectivity index (χ2n) is 2.67. The number of carbonyl (C=O) groups is 1. The standard InChI is InChI=1S/C8H7FN2O3/c1-4(12)5-2-3-6(11(13)14)7(9)8(5)10/h2-3H,10H2,1H3. The lowest BCUT2D eigenvalue weighted by molar-refractivity contribution is -0.387. The Balaban J connectivity index is 3.41. The van der Waals surface area contributed by atoms with E-state index < -0.39 is 27.9 Å². The van der Waals surface area contributed by atoms with Gasteiger partial charge in [-0.2, -0.15) is 4.39 Å². The molecule has 0 atom stereocenters. The summed E-state index contributed by atoms with van der Waals surface area (Å²) in [6.45, 7) is 1.21. The SMILES string of the molecule is CC(=O)c1ccc([N+](=O)[O-])c(F)c1N. The zero-order valence-electron chi connectivity index (χ0n) is 7.28. The van der Waals surface area contributed by atoms with Gasteiger partial charge in [-0.05, 0) is 13.0 Å². The summed E-state index contributed by atoms with van der Waals surface area (Å²) < 4.78 is 13.2. The predicted octanol–water partition coefficient (Wildman–Crippen LogP) is 1.52. The van der Waals surface area contributed by atoms with Crippen LogP contribution in [-0.4, -0.2) is 10.7 Å². The van der Waals surface area contributed by atoms with Crippen molar-refractivity contribution in [3.8, 4) is 0 Å². The van der Waals surface area contributed by atoms with E-state index in [1.807, 2.05) is 0 Å². The minimum absolute atomic E-state index is 0.0481. The fraction of sp³-hybridized carbons (Fsp3) is 0.125. The predicted molar refractivity (Wildman–Crippen MR) is 47.5 cm³/mol. The van der Waals surface area contributed by atoms with Gasteiger partial charge in [0.2, 0.25) is 5.82 Å².